The summed E-state index contributed by atoms with van der Waals surface area (Å²) in [5.74, 6) is -0.0939. The Morgan fingerprint density at radius 1 is 1.05 bits per heavy atom. The summed E-state index contributed by atoms with van der Waals surface area (Å²) >= 11 is 0. The Balaban J connectivity index is 1.06. The first-order chi connectivity index (χ1) is 18.7. The number of benzene rings is 1. The van der Waals surface area contributed by atoms with Crippen molar-refractivity contribution in [2.24, 2.45) is 11.3 Å². The number of carbonyl (C=O) groups is 2. The van der Waals surface area contributed by atoms with E-state index in [0.717, 1.165) is 37.8 Å². The maximum absolute atomic E-state index is 13.5. The fourth-order valence-corrected chi connectivity index (χ4v) is 5.59. The number of imide groups is 1. The van der Waals surface area contributed by atoms with Crippen LogP contribution in [0, 0.1) is 11.3 Å². The second-order valence-corrected chi connectivity index (χ2v) is 10.9. The number of likely N-dealkylation sites (tertiary alicyclic amines) is 1. The van der Waals surface area contributed by atoms with Crippen molar-refractivity contribution in [2.75, 3.05) is 32.8 Å². The molecule has 2 N–H and O–H groups in total. The first kappa shape index (κ1) is 27.5. The second kappa shape index (κ2) is 11.6. The molecule has 1 aliphatic carbocycles. The lowest BCUT2D eigenvalue weighted by molar-refractivity contribution is -0.256. The van der Waals surface area contributed by atoms with Gasteiger partial charge in [0, 0.05) is 17.7 Å². The summed E-state index contributed by atoms with van der Waals surface area (Å²) in [6.07, 6.45) is 3.39. The van der Waals surface area contributed by atoms with E-state index in [9.17, 15) is 22.8 Å². The van der Waals surface area contributed by atoms with Crippen LogP contribution >= 0.6 is 0 Å². The number of ether oxygens (including phenoxy) is 1. The monoisotopic (exact) mass is 545 g/mol. The molecule has 1 aromatic carbocycles. The number of nitrogens with zero attached hydrogens (tertiary/aromatic N) is 3. The molecule has 1 aromatic heterocycles. The summed E-state index contributed by atoms with van der Waals surface area (Å²) in [4.78, 5) is 35.2. The van der Waals surface area contributed by atoms with Crippen LogP contribution in [0.3, 0.4) is 0 Å². The maximum Gasteiger partial charge on any atom is 0.395 e. The number of nitrogens with one attached hydrogen (secondary N) is 2. The number of piperidine rings is 1. The van der Waals surface area contributed by atoms with Crippen LogP contribution in [0.15, 0.2) is 36.7 Å². The van der Waals surface area contributed by atoms with Crippen LogP contribution in [0.4, 0.5) is 13.2 Å². The van der Waals surface area contributed by atoms with Crippen molar-refractivity contribution in [3.05, 3.63) is 42.2 Å². The van der Waals surface area contributed by atoms with Crippen molar-refractivity contribution in [2.45, 2.75) is 57.2 Å². The van der Waals surface area contributed by atoms with Crippen LogP contribution in [0.1, 0.15) is 55.3 Å². The van der Waals surface area contributed by atoms with E-state index in [1.807, 2.05) is 4.90 Å². The van der Waals surface area contributed by atoms with Gasteiger partial charge in [0.05, 0.1) is 36.2 Å². The molecule has 2 aliphatic heterocycles. The summed E-state index contributed by atoms with van der Waals surface area (Å²) in [6.45, 7) is 2.64. The molecule has 2 saturated heterocycles. The van der Waals surface area contributed by atoms with E-state index in [1.54, 1.807) is 36.7 Å². The zero-order valence-corrected chi connectivity index (χ0v) is 21.8. The molecule has 0 bridgehead atoms. The molecule has 3 heterocycles. The normalized spacial score (nSPS) is 21.8. The van der Waals surface area contributed by atoms with Crippen molar-refractivity contribution < 1.29 is 27.5 Å². The van der Waals surface area contributed by atoms with Crippen LogP contribution in [0.25, 0.3) is 11.3 Å². The lowest BCUT2D eigenvalue weighted by Crippen LogP contribution is -2.53. The van der Waals surface area contributed by atoms with Crippen molar-refractivity contribution in [3.63, 3.8) is 0 Å². The largest absolute Gasteiger partial charge is 0.476 e. The Labute approximate surface area is 225 Å². The van der Waals surface area contributed by atoms with E-state index in [4.69, 9.17) is 4.74 Å². The first-order valence-corrected chi connectivity index (χ1v) is 13.7. The van der Waals surface area contributed by atoms with E-state index >= 15 is 0 Å². The highest BCUT2D eigenvalue weighted by Crippen LogP contribution is 2.53. The minimum atomic E-state index is -4.13. The number of halogens is 3. The molecule has 39 heavy (non-hydrogen) atoms. The number of hydrogen-bond donors (Lipinski definition) is 2. The molecule has 11 heteroatoms. The topological polar surface area (TPSA) is 96.5 Å². The van der Waals surface area contributed by atoms with Crippen molar-refractivity contribution in [1.82, 2.24) is 25.5 Å². The van der Waals surface area contributed by atoms with Crippen LogP contribution in [-0.4, -0.2) is 71.7 Å². The molecule has 2 amide bonds. The third kappa shape index (κ3) is 6.41. The van der Waals surface area contributed by atoms with E-state index in [2.05, 4.69) is 20.6 Å². The van der Waals surface area contributed by atoms with Gasteiger partial charge in [-0.1, -0.05) is 18.6 Å². The molecule has 1 atom stereocenters. The van der Waals surface area contributed by atoms with Gasteiger partial charge in [-0.05, 0) is 76.2 Å². The summed E-state index contributed by atoms with van der Waals surface area (Å²) in [6, 6.07) is 6.45. The van der Waals surface area contributed by atoms with Gasteiger partial charge >= 0.3 is 6.18 Å². The molecule has 5 rings (SSSR count). The van der Waals surface area contributed by atoms with Crippen LogP contribution in [0.2, 0.25) is 0 Å². The fourth-order valence-electron chi connectivity index (χ4n) is 5.59. The Hall–Kier alpha value is -3.05. The lowest BCUT2D eigenvalue weighted by Gasteiger charge is -2.47. The molecule has 0 radical (unpaired) electrons. The van der Waals surface area contributed by atoms with Gasteiger partial charge in [0.1, 0.15) is 0 Å². The van der Waals surface area contributed by atoms with Gasteiger partial charge < -0.3 is 15.0 Å². The molecule has 8 nitrogen and oxygen atoms in total. The Morgan fingerprint density at radius 3 is 2.36 bits per heavy atom. The van der Waals surface area contributed by atoms with Crippen molar-refractivity contribution >= 4 is 11.8 Å². The predicted molar refractivity (Wildman–Crippen MR) is 138 cm³/mol. The smallest absolute Gasteiger partial charge is 0.395 e. The van der Waals surface area contributed by atoms with Gasteiger partial charge in [-0.2, -0.15) is 13.2 Å². The molecular formula is C28H34F3N5O3. The molecule has 210 valence electrons. The summed E-state index contributed by atoms with van der Waals surface area (Å²) in [7, 11) is 0. The molecule has 0 spiro atoms. The predicted octanol–water partition coefficient (Wildman–Crippen LogP) is 3.98. The van der Waals surface area contributed by atoms with Gasteiger partial charge in [-0.25, -0.2) is 9.97 Å². The van der Waals surface area contributed by atoms with Crippen molar-refractivity contribution in [1.29, 1.82) is 0 Å². The minimum Gasteiger partial charge on any atom is -0.476 e. The third-order valence-electron chi connectivity index (χ3n) is 8.30. The Bertz CT molecular complexity index is 1140. The maximum atomic E-state index is 13.5. The number of carbonyl (C=O) groups excluding carboxylic acids is 2. The van der Waals surface area contributed by atoms with E-state index < -0.39 is 17.5 Å². The summed E-state index contributed by atoms with van der Waals surface area (Å²) in [5.41, 5.74) is 0.255. The van der Waals surface area contributed by atoms with Gasteiger partial charge in [0.25, 0.3) is 5.91 Å². The van der Waals surface area contributed by atoms with Crippen LogP contribution < -0.4 is 15.4 Å². The first-order valence-electron chi connectivity index (χ1n) is 13.7. The number of amides is 2. The Kier molecular flexibility index (Phi) is 8.18. The fraction of sp³-hybridized carbons (Fsp3) is 0.571. The highest BCUT2D eigenvalue weighted by molar-refractivity contribution is 6.06. The van der Waals surface area contributed by atoms with E-state index in [1.165, 1.54) is 0 Å². The van der Waals surface area contributed by atoms with Crippen LogP contribution in [0.5, 0.6) is 5.88 Å². The zero-order chi connectivity index (χ0) is 27.5. The molecule has 3 fully saturated rings. The zero-order valence-electron chi connectivity index (χ0n) is 21.8. The van der Waals surface area contributed by atoms with Gasteiger partial charge in [-0.15, -0.1) is 0 Å². The SMILES string of the molecule is O=C(NC(=O)[C@@H]1CCCN1)c1ccc(-c2cnc(OCC3CCN(CC4(C(F)(F)F)CCC4)CC3)cn2)cc1. The number of alkyl halides is 3. The van der Waals surface area contributed by atoms with Gasteiger partial charge in [-0.3, -0.25) is 14.9 Å². The lowest BCUT2D eigenvalue weighted by atomic mass is 9.67. The average molecular weight is 546 g/mol. The van der Waals surface area contributed by atoms with Crippen LogP contribution in [-0.2, 0) is 4.79 Å². The molecule has 3 aliphatic rings. The molecule has 0 unspecified atom stereocenters. The highest BCUT2D eigenvalue weighted by atomic mass is 19.4. The van der Waals surface area contributed by atoms with E-state index in [0.29, 0.717) is 43.3 Å². The summed E-state index contributed by atoms with van der Waals surface area (Å²) < 4.78 is 46.3. The minimum absolute atomic E-state index is 0.110. The van der Waals surface area contributed by atoms with Gasteiger partial charge in [0.2, 0.25) is 11.8 Å². The quantitative estimate of drug-likeness (QED) is 0.485. The Morgan fingerprint density at radius 2 is 1.79 bits per heavy atom. The number of hydrogen-bond acceptors (Lipinski definition) is 7. The third-order valence-corrected chi connectivity index (χ3v) is 8.30. The standard InChI is InChI=1S/C28H34F3N5O3/c29-28(30,31)27(10-2-11-27)18-36-13-8-19(9-14-36)17-39-24-16-33-23(15-34-24)20-4-6-21(7-5-20)25(37)35-26(38)22-3-1-12-32-22/h4-7,15-16,19,22,32H,1-3,8-14,17-18H2,(H,35,37,38)/t22-/m0/s1. The number of rotatable bonds is 8. The van der Waals surface area contributed by atoms with Crippen molar-refractivity contribution in [3.8, 4) is 17.1 Å². The average Bonchev–Trinajstić information content (AvgIpc) is 3.45. The highest BCUT2D eigenvalue weighted by Gasteiger charge is 2.58. The van der Waals surface area contributed by atoms with Gasteiger partial charge in [0.15, 0.2) is 0 Å². The number of aromatic nitrogens is 2. The second-order valence-electron chi connectivity index (χ2n) is 10.9. The molecule has 1 saturated carbocycles. The molecular weight excluding hydrogens is 511 g/mol. The summed E-state index contributed by atoms with van der Waals surface area (Å²) in [5, 5.41) is 5.50. The molecule has 2 aromatic rings. The van der Waals surface area contributed by atoms with E-state index in [-0.39, 0.29) is 37.3 Å².